The molecule has 158 valence electrons. The monoisotopic (exact) mass is 398 g/mol. The zero-order chi connectivity index (χ0) is 20.8. The second kappa shape index (κ2) is 13.6. The van der Waals surface area contributed by atoms with Crippen LogP contribution in [0.1, 0.15) is 50.0 Å². The molecule has 0 fully saturated rings. The third-order valence-electron chi connectivity index (χ3n) is 3.57. The summed E-state index contributed by atoms with van der Waals surface area (Å²) in [5.74, 6) is 0.239. The maximum atomic E-state index is 12.2. The summed E-state index contributed by atoms with van der Waals surface area (Å²) in [6, 6.07) is 0.723. The summed E-state index contributed by atoms with van der Waals surface area (Å²) < 4.78 is 11.4. The van der Waals surface area contributed by atoms with Crippen LogP contribution in [0, 0.1) is 0 Å². The number of carbonyl (C=O) groups is 2. The minimum absolute atomic E-state index is 0.0463. The molecule has 3 amide bonds. The van der Waals surface area contributed by atoms with Crippen molar-refractivity contribution in [1.29, 1.82) is 0 Å². The van der Waals surface area contributed by atoms with Gasteiger partial charge >= 0.3 is 6.03 Å². The Labute approximate surface area is 164 Å². The molecule has 1 heterocycles. The Hall–Kier alpha value is -2.59. The third kappa shape index (κ3) is 8.87. The average molecular weight is 398 g/mol. The predicted molar refractivity (Wildman–Crippen MR) is 102 cm³/mol. The lowest BCUT2D eigenvalue weighted by molar-refractivity contribution is 0.0916. The van der Waals surface area contributed by atoms with E-state index >= 15 is 0 Å². The van der Waals surface area contributed by atoms with Gasteiger partial charge < -0.3 is 25.0 Å². The Morgan fingerprint density at radius 3 is 2.36 bits per heavy atom. The van der Waals surface area contributed by atoms with Gasteiger partial charge in [0.05, 0.1) is 32.1 Å². The van der Waals surface area contributed by atoms with Crippen molar-refractivity contribution in [3.8, 4) is 11.5 Å². The molecular weight excluding hydrogens is 368 g/mol. The summed E-state index contributed by atoms with van der Waals surface area (Å²) >= 11 is 0. The van der Waals surface area contributed by atoms with Gasteiger partial charge in [-0.05, 0) is 12.8 Å². The van der Waals surface area contributed by atoms with Crippen molar-refractivity contribution in [2.45, 2.75) is 45.6 Å². The topological polar surface area (TPSA) is 142 Å². The number of nitrogens with one attached hydrogen (secondary N) is 3. The zero-order valence-corrected chi connectivity index (χ0v) is 16.4. The van der Waals surface area contributed by atoms with E-state index in [1.165, 1.54) is 12.3 Å². The molecule has 1 aromatic rings. The maximum absolute atomic E-state index is 12.2. The van der Waals surface area contributed by atoms with Crippen molar-refractivity contribution in [2.75, 3.05) is 26.4 Å². The van der Waals surface area contributed by atoms with Crippen LogP contribution in [-0.2, 0) is 0 Å². The largest absolute Gasteiger partial charge is 0.490 e. The molecule has 10 nitrogen and oxygen atoms in total. The number of carbonyl (C=O) groups excluding carboxylic acids is 2. The van der Waals surface area contributed by atoms with Crippen LogP contribution in [0.25, 0.3) is 0 Å². The van der Waals surface area contributed by atoms with E-state index in [4.69, 9.17) is 19.7 Å². The van der Waals surface area contributed by atoms with Gasteiger partial charge in [-0.2, -0.15) is 0 Å². The Morgan fingerprint density at radius 1 is 1.11 bits per heavy atom. The van der Waals surface area contributed by atoms with E-state index in [-0.39, 0.29) is 12.2 Å². The molecule has 0 bridgehead atoms. The van der Waals surface area contributed by atoms with E-state index in [0.717, 1.165) is 25.7 Å². The van der Waals surface area contributed by atoms with E-state index in [9.17, 15) is 9.59 Å². The van der Waals surface area contributed by atoms with Crippen LogP contribution in [0.2, 0.25) is 0 Å². The van der Waals surface area contributed by atoms with Crippen molar-refractivity contribution in [1.82, 2.24) is 21.2 Å². The molecular formula is C18H30N4O6. The highest BCUT2D eigenvalue weighted by molar-refractivity contribution is 5.94. The predicted octanol–water partition coefficient (Wildman–Crippen LogP) is 0.737. The van der Waals surface area contributed by atoms with Gasteiger partial charge in [0.1, 0.15) is 5.69 Å². The summed E-state index contributed by atoms with van der Waals surface area (Å²) in [6.45, 7) is 4.47. The number of hydrogen-bond donors (Lipinski definition) is 5. The summed E-state index contributed by atoms with van der Waals surface area (Å²) in [5.41, 5.74) is 4.38. The number of aliphatic hydroxyl groups is 2. The molecule has 0 aromatic carbocycles. The lowest BCUT2D eigenvalue weighted by Gasteiger charge is -2.14. The van der Waals surface area contributed by atoms with Crippen LogP contribution in [-0.4, -0.2) is 59.6 Å². The number of ether oxygens (including phenoxy) is 2. The van der Waals surface area contributed by atoms with Crippen LogP contribution in [0.15, 0.2) is 12.3 Å². The van der Waals surface area contributed by atoms with E-state index in [1.807, 2.05) is 6.92 Å². The van der Waals surface area contributed by atoms with E-state index < -0.39 is 24.6 Å². The van der Waals surface area contributed by atoms with Crippen molar-refractivity contribution < 1.29 is 29.3 Å². The molecule has 0 unspecified atom stereocenters. The summed E-state index contributed by atoms with van der Waals surface area (Å²) in [6.07, 6.45) is 4.05. The molecule has 1 aromatic heterocycles. The Kier molecular flexibility index (Phi) is 11.4. The Morgan fingerprint density at radius 2 is 1.75 bits per heavy atom. The third-order valence-corrected chi connectivity index (χ3v) is 3.57. The first kappa shape index (κ1) is 23.4. The maximum Gasteiger partial charge on any atom is 0.333 e. The highest BCUT2D eigenvalue weighted by Gasteiger charge is 2.14. The first-order chi connectivity index (χ1) is 13.5. The van der Waals surface area contributed by atoms with Gasteiger partial charge in [0.2, 0.25) is 0 Å². The Balaban J connectivity index is 2.67. The molecule has 0 saturated carbocycles. The molecule has 10 heteroatoms. The standard InChI is InChI=1S/C18H30N4O6/c1-3-5-7-27-15-9-14(19-11-16(15)28-8-6-4-2)17(25)21-22-18(26)20-10-13(24)12-23/h9,11,13,23-24H,3-8,10,12H2,1-2H3,(H,21,25)(H2,20,22,26)/t13-/m1/s1. The van der Waals surface area contributed by atoms with Gasteiger partial charge in [0, 0.05) is 12.6 Å². The minimum Gasteiger partial charge on any atom is -0.490 e. The SMILES string of the molecule is CCCCOc1cnc(C(=O)NNC(=O)NC[C@@H](O)CO)cc1OCCCC. The van der Waals surface area contributed by atoms with Crippen molar-refractivity contribution in [3.05, 3.63) is 18.0 Å². The fraction of sp³-hybridized carbons (Fsp3) is 0.611. The van der Waals surface area contributed by atoms with Crippen molar-refractivity contribution in [2.24, 2.45) is 0 Å². The molecule has 0 radical (unpaired) electrons. The lowest BCUT2D eigenvalue weighted by Crippen LogP contribution is -2.49. The molecule has 1 atom stereocenters. The van der Waals surface area contributed by atoms with Crippen LogP contribution in [0.3, 0.4) is 0 Å². The van der Waals surface area contributed by atoms with Gasteiger partial charge in [0.25, 0.3) is 5.91 Å². The van der Waals surface area contributed by atoms with E-state index in [0.29, 0.717) is 24.7 Å². The second-order valence-corrected chi connectivity index (χ2v) is 6.05. The first-order valence-corrected chi connectivity index (χ1v) is 9.40. The van der Waals surface area contributed by atoms with Gasteiger partial charge in [-0.1, -0.05) is 26.7 Å². The average Bonchev–Trinajstić information content (AvgIpc) is 2.71. The fourth-order valence-corrected chi connectivity index (χ4v) is 1.92. The number of amides is 3. The first-order valence-electron chi connectivity index (χ1n) is 9.40. The summed E-state index contributed by atoms with van der Waals surface area (Å²) in [5, 5.41) is 20.1. The molecule has 5 N–H and O–H groups in total. The lowest BCUT2D eigenvalue weighted by atomic mass is 10.3. The highest BCUT2D eigenvalue weighted by Crippen LogP contribution is 2.27. The fourth-order valence-electron chi connectivity index (χ4n) is 1.92. The Bertz CT molecular complexity index is 614. The highest BCUT2D eigenvalue weighted by atomic mass is 16.5. The number of aromatic nitrogens is 1. The van der Waals surface area contributed by atoms with Crippen LogP contribution in [0.4, 0.5) is 4.79 Å². The van der Waals surface area contributed by atoms with Crippen LogP contribution >= 0.6 is 0 Å². The molecule has 0 saturated heterocycles. The number of nitrogens with zero attached hydrogens (tertiary/aromatic N) is 1. The smallest absolute Gasteiger partial charge is 0.333 e. The second-order valence-electron chi connectivity index (χ2n) is 6.05. The molecule has 0 aliphatic carbocycles. The molecule has 28 heavy (non-hydrogen) atoms. The van der Waals surface area contributed by atoms with Gasteiger partial charge in [-0.15, -0.1) is 0 Å². The number of rotatable bonds is 12. The molecule has 0 aliphatic rings. The van der Waals surface area contributed by atoms with Crippen molar-refractivity contribution in [3.63, 3.8) is 0 Å². The normalized spacial score (nSPS) is 11.4. The number of unbranched alkanes of at least 4 members (excludes halogenated alkanes) is 2. The van der Waals surface area contributed by atoms with Crippen molar-refractivity contribution >= 4 is 11.9 Å². The van der Waals surface area contributed by atoms with Gasteiger partial charge in [-0.25, -0.2) is 15.2 Å². The van der Waals surface area contributed by atoms with E-state index in [2.05, 4.69) is 28.1 Å². The number of hydrogen-bond acceptors (Lipinski definition) is 7. The molecule has 0 aliphatic heterocycles. The quantitative estimate of drug-likeness (QED) is 0.258. The van der Waals surface area contributed by atoms with E-state index in [1.54, 1.807) is 0 Å². The van der Waals surface area contributed by atoms with Gasteiger partial charge in [0.15, 0.2) is 11.5 Å². The number of aliphatic hydroxyl groups excluding tert-OH is 2. The summed E-state index contributed by atoms with van der Waals surface area (Å²) in [4.78, 5) is 27.8. The van der Waals surface area contributed by atoms with Crippen LogP contribution < -0.4 is 25.6 Å². The number of pyridine rings is 1. The number of hydrazine groups is 1. The minimum atomic E-state index is -1.08. The molecule has 1 rings (SSSR count). The van der Waals surface area contributed by atoms with Gasteiger partial charge in [-0.3, -0.25) is 10.2 Å². The van der Waals surface area contributed by atoms with Crippen LogP contribution in [0.5, 0.6) is 11.5 Å². The zero-order valence-electron chi connectivity index (χ0n) is 16.4. The molecule has 0 spiro atoms. The number of urea groups is 1. The summed E-state index contributed by atoms with van der Waals surface area (Å²) in [7, 11) is 0.